The Hall–Kier alpha value is -0.820. The maximum Gasteiger partial charge on any atom is 0.343 e. The van der Waals surface area contributed by atoms with Gasteiger partial charge in [-0.1, -0.05) is 6.07 Å². The summed E-state index contributed by atoms with van der Waals surface area (Å²) in [6.45, 7) is 2.24. The van der Waals surface area contributed by atoms with Crippen molar-refractivity contribution in [3.63, 3.8) is 0 Å². The third-order valence-corrected chi connectivity index (χ3v) is 2.06. The fourth-order valence-corrected chi connectivity index (χ4v) is 1.40. The van der Waals surface area contributed by atoms with Gasteiger partial charge in [0.15, 0.2) is 0 Å². The number of anilines is 1. The average Bonchev–Trinajstić information content (AvgIpc) is 2.15. The lowest BCUT2D eigenvalue weighted by Crippen LogP contribution is -2.28. The van der Waals surface area contributed by atoms with Crippen LogP contribution in [0.25, 0.3) is 0 Å². The Kier molecular flexibility index (Phi) is 4.68. The minimum absolute atomic E-state index is 0.367. The van der Waals surface area contributed by atoms with Crippen LogP contribution in [0, 0.1) is 3.57 Å². The Balaban J connectivity index is 2.47. The van der Waals surface area contributed by atoms with Crippen LogP contribution in [-0.4, -0.2) is 12.6 Å². The number of urea groups is 1. The van der Waals surface area contributed by atoms with Gasteiger partial charge in [0.25, 0.3) is 0 Å². The molecule has 76 valence electrons. The van der Waals surface area contributed by atoms with Crippen LogP contribution in [0.3, 0.4) is 0 Å². The number of rotatable bonds is 3. The van der Waals surface area contributed by atoms with Gasteiger partial charge in [0.2, 0.25) is 0 Å². The Morgan fingerprint density at radius 1 is 1.57 bits per heavy atom. The number of benzene rings is 1. The molecular formula is C9H11IN2O2. The summed E-state index contributed by atoms with van der Waals surface area (Å²) in [7, 11) is 0. The minimum Gasteiger partial charge on any atom is -0.306 e. The van der Waals surface area contributed by atoms with E-state index >= 15 is 0 Å². The van der Waals surface area contributed by atoms with Crippen LogP contribution in [0.1, 0.15) is 6.92 Å². The molecule has 4 nitrogen and oxygen atoms in total. The van der Waals surface area contributed by atoms with E-state index in [1.165, 1.54) is 0 Å². The fraction of sp³-hybridized carbons (Fsp3) is 0.222. The topological polar surface area (TPSA) is 50.4 Å². The molecule has 1 aromatic rings. The number of carbonyl (C=O) groups is 1. The van der Waals surface area contributed by atoms with E-state index in [1.807, 2.05) is 24.3 Å². The Morgan fingerprint density at radius 2 is 2.36 bits per heavy atom. The summed E-state index contributed by atoms with van der Waals surface area (Å²) in [5.74, 6) is 0. The highest BCUT2D eigenvalue weighted by Gasteiger charge is 2.00. The molecule has 0 aliphatic carbocycles. The van der Waals surface area contributed by atoms with Crippen molar-refractivity contribution < 1.29 is 9.63 Å². The molecule has 0 heterocycles. The average molecular weight is 306 g/mol. The largest absolute Gasteiger partial charge is 0.343 e. The monoisotopic (exact) mass is 306 g/mol. The lowest BCUT2D eigenvalue weighted by Gasteiger charge is -2.06. The van der Waals surface area contributed by atoms with Crippen LogP contribution in [0.15, 0.2) is 24.3 Å². The second-order valence-corrected chi connectivity index (χ2v) is 3.75. The molecule has 0 aliphatic rings. The van der Waals surface area contributed by atoms with E-state index in [2.05, 4.69) is 33.4 Å². The van der Waals surface area contributed by atoms with Crippen molar-refractivity contribution >= 4 is 34.3 Å². The number of hydrogen-bond donors (Lipinski definition) is 2. The van der Waals surface area contributed by atoms with Crippen LogP contribution in [0.4, 0.5) is 10.5 Å². The Morgan fingerprint density at radius 3 is 3.00 bits per heavy atom. The normalized spacial score (nSPS) is 9.57. The highest BCUT2D eigenvalue weighted by Crippen LogP contribution is 2.11. The van der Waals surface area contributed by atoms with Gasteiger partial charge in [0.1, 0.15) is 0 Å². The van der Waals surface area contributed by atoms with E-state index in [0.29, 0.717) is 6.61 Å². The number of nitrogens with one attached hydrogen (secondary N) is 2. The summed E-state index contributed by atoms with van der Waals surface area (Å²) < 4.78 is 1.07. The number of carbonyl (C=O) groups excluding carboxylic acids is 1. The first-order valence-corrected chi connectivity index (χ1v) is 5.24. The Bertz CT molecular complexity index is 317. The predicted molar refractivity (Wildman–Crippen MR) is 62.9 cm³/mol. The first-order chi connectivity index (χ1) is 6.72. The molecule has 2 amide bonds. The zero-order valence-electron chi connectivity index (χ0n) is 7.71. The van der Waals surface area contributed by atoms with Crippen molar-refractivity contribution in [2.24, 2.45) is 0 Å². The molecule has 0 aliphatic heterocycles. The van der Waals surface area contributed by atoms with E-state index < -0.39 is 0 Å². The predicted octanol–water partition coefficient (Wildman–Crippen LogP) is 2.36. The molecule has 0 spiro atoms. The molecule has 5 heteroatoms. The number of hydrogen-bond acceptors (Lipinski definition) is 2. The van der Waals surface area contributed by atoms with Crippen molar-refractivity contribution in [3.05, 3.63) is 27.8 Å². The van der Waals surface area contributed by atoms with Crippen LogP contribution in [0.2, 0.25) is 0 Å². The van der Waals surface area contributed by atoms with Gasteiger partial charge in [0.05, 0.1) is 6.61 Å². The van der Waals surface area contributed by atoms with E-state index in [0.717, 1.165) is 9.26 Å². The van der Waals surface area contributed by atoms with Gasteiger partial charge in [-0.05, 0) is 47.7 Å². The maximum atomic E-state index is 11.1. The lowest BCUT2D eigenvalue weighted by molar-refractivity contribution is 0.0758. The molecule has 2 N–H and O–H groups in total. The number of amides is 2. The third-order valence-electron chi connectivity index (χ3n) is 1.39. The molecule has 0 unspecified atom stereocenters. The molecule has 0 bridgehead atoms. The summed E-state index contributed by atoms with van der Waals surface area (Å²) in [5, 5.41) is 2.64. The summed E-state index contributed by atoms with van der Waals surface area (Å²) in [4.78, 5) is 15.9. The van der Waals surface area contributed by atoms with Crippen LogP contribution < -0.4 is 10.8 Å². The van der Waals surface area contributed by atoms with Crippen molar-refractivity contribution in [3.8, 4) is 0 Å². The SMILES string of the molecule is CCONC(=O)Nc1cccc(I)c1. The third kappa shape index (κ3) is 3.93. The van der Waals surface area contributed by atoms with Crippen LogP contribution >= 0.6 is 22.6 Å². The summed E-state index contributed by atoms with van der Waals surface area (Å²) in [5.41, 5.74) is 2.99. The second kappa shape index (κ2) is 5.82. The Labute approximate surface area is 96.1 Å². The molecule has 1 rings (SSSR count). The van der Waals surface area contributed by atoms with Crippen molar-refractivity contribution in [1.82, 2.24) is 5.48 Å². The molecule has 0 aromatic heterocycles. The molecular weight excluding hydrogens is 295 g/mol. The van der Waals surface area contributed by atoms with Gasteiger partial charge in [-0.15, -0.1) is 0 Å². The molecule has 0 fully saturated rings. The summed E-state index contributed by atoms with van der Waals surface area (Å²) >= 11 is 2.18. The van der Waals surface area contributed by atoms with Gasteiger partial charge in [0, 0.05) is 9.26 Å². The van der Waals surface area contributed by atoms with E-state index in [4.69, 9.17) is 4.84 Å². The van der Waals surface area contributed by atoms with Gasteiger partial charge in [-0.3, -0.25) is 4.84 Å². The molecule has 1 aromatic carbocycles. The summed E-state index contributed by atoms with van der Waals surface area (Å²) in [6, 6.07) is 7.14. The van der Waals surface area contributed by atoms with Gasteiger partial charge < -0.3 is 5.32 Å². The zero-order valence-corrected chi connectivity index (χ0v) is 9.87. The molecule has 0 saturated carbocycles. The molecule has 0 saturated heterocycles. The van der Waals surface area contributed by atoms with E-state index in [-0.39, 0.29) is 6.03 Å². The van der Waals surface area contributed by atoms with Gasteiger partial charge in [-0.2, -0.15) is 0 Å². The summed E-state index contributed by atoms with van der Waals surface area (Å²) in [6.07, 6.45) is 0. The second-order valence-electron chi connectivity index (χ2n) is 2.50. The van der Waals surface area contributed by atoms with Crippen molar-refractivity contribution in [2.75, 3.05) is 11.9 Å². The minimum atomic E-state index is -0.367. The number of hydroxylamine groups is 1. The zero-order chi connectivity index (χ0) is 10.4. The van der Waals surface area contributed by atoms with Crippen LogP contribution in [-0.2, 0) is 4.84 Å². The quantitative estimate of drug-likeness (QED) is 0.665. The smallest absolute Gasteiger partial charge is 0.306 e. The highest BCUT2D eigenvalue weighted by atomic mass is 127. The van der Waals surface area contributed by atoms with Gasteiger partial charge >= 0.3 is 6.03 Å². The lowest BCUT2D eigenvalue weighted by atomic mass is 10.3. The highest BCUT2D eigenvalue weighted by molar-refractivity contribution is 14.1. The standard InChI is InChI=1S/C9H11IN2O2/c1-2-14-12-9(13)11-8-5-3-4-7(10)6-8/h3-6H,2H2,1H3,(H2,11,12,13). The van der Waals surface area contributed by atoms with Crippen molar-refractivity contribution in [1.29, 1.82) is 0 Å². The first kappa shape index (κ1) is 11.3. The van der Waals surface area contributed by atoms with Gasteiger partial charge in [-0.25, -0.2) is 10.3 Å². The number of halogens is 1. The molecule has 0 atom stereocenters. The van der Waals surface area contributed by atoms with Crippen molar-refractivity contribution in [2.45, 2.75) is 6.92 Å². The van der Waals surface area contributed by atoms with E-state index in [9.17, 15) is 4.79 Å². The maximum absolute atomic E-state index is 11.1. The fourth-order valence-electron chi connectivity index (χ4n) is 0.861. The molecule has 0 radical (unpaired) electrons. The first-order valence-electron chi connectivity index (χ1n) is 4.16. The van der Waals surface area contributed by atoms with E-state index in [1.54, 1.807) is 6.92 Å². The van der Waals surface area contributed by atoms with Crippen LogP contribution in [0.5, 0.6) is 0 Å². The molecule has 14 heavy (non-hydrogen) atoms.